The summed E-state index contributed by atoms with van der Waals surface area (Å²) in [5, 5.41) is 4.57. The molecule has 1 saturated carbocycles. The summed E-state index contributed by atoms with van der Waals surface area (Å²) in [5.74, 6) is 0. The van der Waals surface area contributed by atoms with E-state index in [2.05, 4.69) is 17.2 Å². The molecule has 1 aromatic heterocycles. The molecule has 0 unspecified atom stereocenters. The van der Waals surface area contributed by atoms with Crippen LogP contribution in [0, 0.1) is 0 Å². The number of aromatic nitrogens is 1. The third kappa shape index (κ3) is 1.48. The molecule has 1 aliphatic carbocycles. The lowest BCUT2D eigenvalue weighted by molar-refractivity contribution is 0.830. The van der Waals surface area contributed by atoms with Crippen LogP contribution in [0.1, 0.15) is 19.8 Å². The Kier molecular flexibility index (Phi) is 1.84. The quantitative estimate of drug-likeness (QED) is 0.754. The van der Waals surface area contributed by atoms with Crippen LogP contribution in [0.5, 0.6) is 0 Å². The molecule has 16 heavy (non-hydrogen) atoms. The van der Waals surface area contributed by atoms with Gasteiger partial charge in [0.1, 0.15) is 0 Å². The van der Waals surface area contributed by atoms with Crippen LogP contribution < -0.4 is 11.1 Å². The highest BCUT2D eigenvalue weighted by Crippen LogP contribution is 2.40. The van der Waals surface area contributed by atoms with Gasteiger partial charge in [-0.2, -0.15) is 0 Å². The molecule has 0 saturated heterocycles. The van der Waals surface area contributed by atoms with Gasteiger partial charge in [0.15, 0.2) is 0 Å². The zero-order chi connectivity index (χ0) is 11.2. The Hall–Kier alpha value is -1.77. The van der Waals surface area contributed by atoms with Crippen molar-refractivity contribution in [3.8, 4) is 0 Å². The van der Waals surface area contributed by atoms with Crippen LogP contribution in [0.3, 0.4) is 0 Å². The predicted octanol–water partition coefficient (Wildman–Crippen LogP) is 2.78. The molecule has 1 heterocycles. The van der Waals surface area contributed by atoms with Gasteiger partial charge in [-0.15, -0.1) is 0 Å². The molecular weight excluding hydrogens is 198 g/mol. The molecule has 0 aliphatic heterocycles. The summed E-state index contributed by atoms with van der Waals surface area (Å²) in [5.41, 5.74) is 9.04. The van der Waals surface area contributed by atoms with Gasteiger partial charge >= 0.3 is 0 Å². The van der Waals surface area contributed by atoms with E-state index in [1.54, 1.807) is 0 Å². The molecule has 3 nitrogen and oxygen atoms in total. The van der Waals surface area contributed by atoms with E-state index in [-0.39, 0.29) is 5.54 Å². The summed E-state index contributed by atoms with van der Waals surface area (Å²) in [6, 6.07) is 7.89. The molecule has 3 N–H and O–H groups in total. The maximum Gasteiger partial charge on any atom is 0.0954 e. The third-order valence-electron chi connectivity index (χ3n) is 3.24. The number of nitrogen functional groups attached to an aromatic ring is 1. The van der Waals surface area contributed by atoms with E-state index in [0.717, 1.165) is 22.3 Å². The zero-order valence-electron chi connectivity index (χ0n) is 9.33. The topological polar surface area (TPSA) is 50.9 Å². The fourth-order valence-corrected chi connectivity index (χ4v) is 1.93. The number of pyridine rings is 1. The number of benzene rings is 1. The lowest BCUT2D eigenvalue weighted by Gasteiger charge is -2.15. The first-order valence-corrected chi connectivity index (χ1v) is 5.59. The van der Waals surface area contributed by atoms with E-state index >= 15 is 0 Å². The van der Waals surface area contributed by atoms with Gasteiger partial charge in [-0.05, 0) is 44.0 Å². The van der Waals surface area contributed by atoms with Crippen LogP contribution in [0.25, 0.3) is 10.9 Å². The largest absolute Gasteiger partial charge is 0.398 e. The van der Waals surface area contributed by atoms with Gasteiger partial charge in [0, 0.05) is 22.8 Å². The Bertz CT molecular complexity index is 544. The van der Waals surface area contributed by atoms with Crippen molar-refractivity contribution < 1.29 is 0 Å². The molecule has 3 rings (SSSR count). The summed E-state index contributed by atoms with van der Waals surface area (Å²) < 4.78 is 0. The van der Waals surface area contributed by atoms with Crippen LogP contribution in [0.2, 0.25) is 0 Å². The zero-order valence-corrected chi connectivity index (χ0v) is 9.33. The highest BCUT2D eigenvalue weighted by molar-refractivity contribution is 5.98. The van der Waals surface area contributed by atoms with E-state index in [0.29, 0.717) is 0 Å². The Morgan fingerprint density at radius 2 is 2.12 bits per heavy atom. The van der Waals surface area contributed by atoms with E-state index in [4.69, 9.17) is 5.73 Å². The molecule has 0 amide bonds. The number of hydrogen-bond acceptors (Lipinski definition) is 3. The van der Waals surface area contributed by atoms with Crippen LogP contribution in [0.4, 0.5) is 11.4 Å². The lowest BCUT2D eigenvalue weighted by atomic mass is 10.1. The summed E-state index contributed by atoms with van der Waals surface area (Å²) in [6.45, 7) is 2.23. The highest BCUT2D eigenvalue weighted by Gasteiger charge is 2.37. The normalized spacial score (nSPS) is 17.3. The molecular formula is C13H15N3. The van der Waals surface area contributed by atoms with Crippen molar-refractivity contribution in [2.75, 3.05) is 11.1 Å². The molecule has 82 valence electrons. The lowest BCUT2D eigenvalue weighted by Crippen LogP contribution is -2.16. The number of nitrogens with one attached hydrogen (secondary N) is 1. The minimum absolute atomic E-state index is 0.264. The third-order valence-corrected chi connectivity index (χ3v) is 3.24. The first kappa shape index (κ1) is 9.46. The number of hydrogen-bond donors (Lipinski definition) is 2. The average Bonchev–Trinajstić information content (AvgIpc) is 3.01. The van der Waals surface area contributed by atoms with Crippen molar-refractivity contribution in [1.29, 1.82) is 0 Å². The van der Waals surface area contributed by atoms with Gasteiger partial charge in [-0.3, -0.25) is 4.98 Å². The molecule has 1 aromatic carbocycles. The van der Waals surface area contributed by atoms with Crippen molar-refractivity contribution in [2.24, 2.45) is 0 Å². The molecule has 0 spiro atoms. The summed E-state index contributed by atoms with van der Waals surface area (Å²) in [6.07, 6.45) is 4.26. The van der Waals surface area contributed by atoms with Crippen LogP contribution >= 0.6 is 0 Å². The van der Waals surface area contributed by atoms with Crippen molar-refractivity contribution in [1.82, 2.24) is 4.98 Å². The van der Waals surface area contributed by atoms with Crippen molar-refractivity contribution >= 4 is 22.3 Å². The molecule has 1 fully saturated rings. The van der Waals surface area contributed by atoms with Gasteiger partial charge in [0.05, 0.1) is 11.2 Å². The average molecular weight is 213 g/mol. The second-order valence-corrected chi connectivity index (χ2v) is 4.79. The Balaban J connectivity index is 2.14. The Morgan fingerprint density at radius 1 is 1.31 bits per heavy atom. The van der Waals surface area contributed by atoms with Crippen LogP contribution in [-0.2, 0) is 0 Å². The van der Waals surface area contributed by atoms with Gasteiger partial charge < -0.3 is 11.1 Å². The smallest absolute Gasteiger partial charge is 0.0954 e. The Morgan fingerprint density at radius 3 is 2.88 bits per heavy atom. The minimum Gasteiger partial charge on any atom is -0.398 e. The first-order valence-electron chi connectivity index (χ1n) is 5.59. The van der Waals surface area contributed by atoms with Gasteiger partial charge in [0.25, 0.3) is 0 Å². The van der Waals surface area contributed by atoms with E-state index in [9.17, 15) is 0 Å². The molecule has 2 aromatic rings. The van der Waals surface area contributed by atoms with Gasteiger partial charge in [-0.1, -0.05) is 0 Å². The molecule has 1 aliphatic rings. The van der Waals surface area contributed by atoms with Crippen molar-refractivity contribution in [3.05, 3.63) is 30.5 Å². The molecule has 0 radical (unpaired) electrons. The fourth-order valence-electron chi connectivity index (χ4n) is 1.93. The summed E-state index contributed by atoms with van der Waals surface area (Å²) in [7, 11) is 0. The van der Waals surface area contributed by atoms with E-state index < -0.39 is 0 Å². The molecule has 0 bridgehead atoms. The number of fused-ring (bicyclic) bond motifs is 1. The number of anilines is 2. The van der Waals surface area contributed by atoms with Gasteiger partial charge in [-0.25, -0.2) is 0 Å². The minimum atomic E-state index is 0.264. The molecule has 3 heteroatoms. The van der Waals surface area contributed by atoms with E-state index in [1.807, 2.05) is 30.5 Å². The van der Waals surface area contributed by atoms with Gasteiger partial charge in [0.2, 0.25) is 0 Å². The highest BCUT2D eigenvalue weighted by atomic mass is 15.0. The summed E-state index contributed by atoms with van der Waals surface area (Å²) in [4.78, 5) is 4.41. The van der Waals surface area contributed by atoms with Crippen molar-refractivity contribution in [2.45, 2.75) is 25.3 Å². The monoisotopic (exact) mass is 213 g/mol. The Labute approximate surface area is 94.7 Å². The van der Waals surface area contributed by atoms with Crippen LogP contribution in [0.15, 0.2) is 30.5 Å². The first-order chi connectivity index (χ1) is 7.68. The number of nitrogens with two attached hydrogens (primary N) is 1. The second-order valence-electron chi connectivity index (χ2n) is 4.79. The maximum absolute atomic E-state index is 5.94. The maximum atomic E-state index is 5.94. The SMILES string of the molecule is CC1(Nc2ccc(N)c3cccnc23)CC1. The predicted molar refractivity (Wildman–Crippen MR) is 67.4 cm³/mol. The molecule has 0 atom stereocenters. The van der Waals surface area contributed by atoms with Crippen LogP contribution in [-0.4, -0.2) is 10.5 Å². The second kappa shape index (κ2) is 3.11. The summed E-state index contributed by atoms with van der Waals surface area (Å²) >= 11 is 0. The fraction of sp³-hybridized carbons (Fsp3) is 0.308. The van der Waals surface area contributed by atoms with E-state index in [1.165, 1.54) is 12.8 Å². The number of nitrogens with zero attached hydrogens (tertiary/aromatic N) is 1. The number of rotatable bonds is 2. The standard InChI is InChI=1S/C13H15N3/c1-13(6-7-13)16-11-5-4-10(14)9-3-2-8-15-12(9)11/h2-5,8,16H,6-7,14H2,1H3. The van der Waals surface area contributed by atoms with Crippen molar-refractivity contribution in [3.63, 3.8) is 0 Å².